The molecule has 0 saturated carbocycles. The van der Waals surface area contributed by atoms with Gasteiger partial charge in [-0.2, -0.15) is 0 Å². The van der Waals surface area contributed by atoms with Gasteiger partial charge in [0, 0.05) is 21.7 Å². The number of hydrogen-bond acceptors (Lipinski definition) is 2. The number of aryl methyl sites for hydroxylation is 1. The molecule has 0 bridgehead atoms. The minimum Gasteiger partial charge on any atom is -0.327 e. The van der Waals surface area contributed by atoms with E-state index in [-0.39, 0.29) is 11.9 Å². The highest BCUT2D eigenvalue weighted by Crippen LogP contribution is 2.22. The summed E-state index contributed by atoms with van der Waals surface area (Å²) in [5, 5.41) is 0.731. The van der Waals surface area contributed by atoms with Gasteiger partial charge in [-0.05, 0) is 60.9 Å². The van der Waals surface area contributed by atoms with Crippen LogP contribution in [0.3, 0.4) is 0 Å². The maximum atomic E-state index is 13.2. The highest BCUT2D eigenvalue weighted by Gasteiger charge is 2.08. The largest absolute Gasteiger partial charge is 0.327 e. The monoisotopic (exact) mass is 309 g/mol. The SMILES string of the molecule is Cc1ccc(F)cc1CC(N)CSc1ccc(Cl)cc1. The number of hydrogen-bond donors (Lipinski definition) is 1. The lowest BCUT2D eigenvalue weighted by molar-refractivity contribution is 0.622. The Bertz CT molecular complexity index is 571. The molecule has 0 aromatic heterocycles. The molecule has 0 aliphatic heterocycles. The molecule has 2 N–H and O–H groups in total. The molecule has 0 spiro atoms. The minimum atomic E-state index is -0.205. The van der Waals surface area contributed by atoms with E-state index in [9.17, 15) is 4.39 Å². The van der Waals surface area contributed by atoms with Crippen molar-refractivity contribution in [1.29, 1.82) is 0 Å². The van der Waals surface area contributed by atoms with Gasteiger partial charge in [-0.1, -0.05) is 17.7 Å². The van der Waals surface area contributed by atoms with Gasteiger partial charge in [-0.15, -0.1) is 11.8 Å². The zero-order valence-corrected chi connectivity index (χ0v) is 12.8. The number of thioether (sulfide) groups is 1. The van der Waals surface area contributed by atoms with E-state index < -0.39 is 0 Å². The average molecular weight is 310 g/mol. The van der Waals surface area contributed by atoms with E-state index in [1.807, 2.05) is 31.2 Å². The van der Waals surface area contributed by atoms with Crippen LogP contribution in [0.5, 0.6) is 0 Å². The van der Waals surface area contributed by atoms with Crippen molar-refractivity contribution in [1.82, 2.24) is 0 Å². The molecule has 0 radical (unpaired) electrons. The molecule has 2 aromatic carbocycles. The van der Waals surface area contributed by atoms with Gasteiger partial charge in [-0.25, -0.2) is 4.39 Å². The third kappa shape index (κ3) is 4.51. The van der Waals surface area contributed by atoms with Crippen molar-refractivity contribution in [2.24, 2.45) is 5.73 Å². The molecule has 20 heavy (non-hydrogen) atoms. The minimum absolute atomic E-state index is 0.00354. The fourth-order valence-corrected chi connectivity index (χ4v) is 2.91. The van der Waals surface area contributed by atoms with E-state index in [0.717, 1.165) is 26.8 Å². The Morgan fingerprint density at radius 2 is 1.90 bits per heavy atom. The topological polar surface area (TPSA) is 26.0 Å². The molecule has 0 amide bonds. The van der Waals surface area contributed by atoms with E-state index in [0.29, 0.717) is 6.42 Å². The summed E-state index contributed by atoms with van der Waals surface area (Å²) in [6.45, 7) is 1.98. The maximum Gasteiger partial charge on any atom is 0.123 e. The Balaban J connectivity index is 1.90. The molecule has 0 heterocycles. The molecule has 1 nitrogen and oxygen atoms in total. The number of halogens is 2. The summed E-state index contributed by atoms with van der Waals surface area (Å²) in [4.78, 5) is 1.14. The first-order chi connectivity index (χ1) is 9.54. The summed E-state index contributed by atoms with van der Waals surface area (Å²) in [5.74, 6) is 0.584. The molecule has 2 aromatic rings. The van der Waals surface area contributed by atoms with Crippen molar-refractivity contribution >= 4 is 23.4 Å². The number of benzene rings is 2. The summed E-state index contributed by atoms with van der Waals surface area (Å²) in [6, 6.07) is 12.5. The third-order valence-electron chi connectivity index (χ3n) is 3.07. The van der Waals surface area contributed by atoms with Crippen molar-refractivity contribution in [3.63, 3.8) is 0 Å². The summed E-state index contributed by atoms with van der Waals surface area (Å²) < 4.78 is 13.2. The fraction of sp³-hybridized carbons (Fsp3) is 0.250. The van der Waals surface area contributed by atoms with Crippen LogP contribution in [-0.2, 0) is 6.42 Å². The smallest absolute Gasteiger partial charge is 0.123 e. The molecule has 4 heteroatoms. The lowest BCUT2D eigenvalue weighted by Crippen LogP contribution is -2.26. The molecule has 0 aliphatic rings. The van der Waals surface area contributed by atoms with E-state index in [4.69, 9.17) is 17.3 Å². The second kappa shape index (κ2) is 7.11. The Morgan fingerprint density at radius 1 is 1.20 bits per heavy atom. The first-order valence-corrected chi connectivity index (χ1v) is 7.80. The van der Waals surface area contributed by atoms with E-state index in [2.05, 4.69) is 0 Å². The molecule has 1 atom stereocenters. The first-order valence-electron chi connectivity index (χ1n) is 6.43. The fourth-order valence-electron chi connectivity index (χ4n) is 1.94. The summed E-state index contributed by atoms with van der Waals surface area (Å²) in [7, 11) is 0. The molecule has 1 unspecified atom stereocenters. The molecule has 0 fully saturated rings. The van der Waals surface area contributed by atoms with Crippen LogP contribution in [0, 0.1) is 12.7 Å². The maximum absolute atomic E-state index is 13.2. The Kier molecular flexibility index (Phi) is 5.46. The quantitative estimate of drug-likeness (QED) is 0.826. The molecule has 2 rings (SSSR count). The van der Waals surface area contributed by atoms with Crippen LogP contribution < -0.4 is 5.73 Å². The van der Waals surface area contributed by atoms with Gasteiger partial charge >= 0.3 is 0 Å². The van der Waals surface area contributed by atoms with Crippen molar-refractivity contribution in [2.45, 2.75) is 24.3 Å². The Morgan fingerprint density at radius 3 is 2.60 bits per heavy atom. The Hall–Kier alpha value is -1.03. The standard InChI is InChI=1S/C16H17ClFNS/c1-11-2-5-14(18)8-12(11)9-15(19)10-20-16-6-3-13(17)4-7-16/h2-8,15H,9-10,19H2,1H3. The van der Waals surface area contributed by atoms with Crippen molar-refractivity contribution < 1.29 is 4.39 Å². The zero-order valence-electron chi connectivity index (χ0n) is 11.3. The lowest BCUT2D eigenvalue weighted by atomic mass is 10.0. The van der Waals surface area contributed by atoms with Crippen LogP contribution >= 0.6 is 23.4 Å². The molecule has 0 saturated heterocycles. The highest BCUT2D eigenvalue weighted by molar-refractivity contribution is 7.99. The number of nitrogens with two attached hydrogens (primary N) is 1. The highest BCUT2D eigenvalue weighted by atomic mass is 35.5. The molecular weight excluding hydrogens is 293 g/mol. The van der Waals surface area contributed by atoms with Crippen molar-refractivity contribution in [3.8, 4) is 0 Å². The van der Waals surface area contributed by atoms with Crippen LogP contribution in [0.25, 0.3) is 0 Å². The van der Waals surface area contributed by atoms with Gasteiger partial charge in [-0.3, -0.25) is 0 Å². The second-order valence-corrected chi connectivity index (χ2v) is 6.33. The van der Waals surface area contributed by atoms with Crippen LogP contribution in [-0.4, -0.2) is 11.8 Å². The van der Waals surface area contributed by atoms with Gasteiger partial charge in [0.25, 0.3) is 0 Å². The summed E-state index contributed by atoms with van der Waals surface area (Å²) >= 11 is 7.53. The zero-order chi connectivity index (χ0) is 14.5. The second-order valence-electron chi connectivity index (χ2n) is 4.80. The van der Waals surface area contributed by atoms with Crippen LogP contribution in [0.4, 0.5) is 4.39 Å². The molecule has 0 aliphatic carbocycles. The molecular formula is C16H17ClFNS. The van der Waals surface area contributed by atoms with Crippen LogP contribution in [0.15, 0.2) is 47.4 Å². The molecule has 106 valence electrons. The normalized spacial score (nSPS) is 12.4. The van der Waals surface area contributed by atoms with Crippen molar-refractivity contribution in [3.05, 3.63) is 64.4 Å². The predicted molar refractivity (Wildman–Crippen MR) is 85.0 cm³/mol. The summed E-state index contributed by atoms with van der Waals surface area (Å²) in [6.07, 6.45) is 0.685. The van der Waals surface area contributed by atoms with E-state index in [1.165, 1.54) is 6.07 Å². The predicted octanol–water partition coefficient (Wildman–Crippen LogP) is 4.45. The van der Waals surface area contributed by atoms with E-state index >= 15 is 0 Å². The number of rotatable bonds is 5. The van der Waals surface area contributed by atoms with Gasteiger partial charge in [0.15, 0.2) is 0 Å². The van der Waals surface area contributed by atoms with Crippen LogP contribution in [0.1, 0.15) is 11.1 Å². The first kappa shape index (κ1) is 15.4. The van der Waals surface area contributed by atoms with Gasteiger partial charge in [0.2, 0.25) is 0 Å². The van der Waals surface area contributed by atoms with Gasteiger partial charge < -0.3 is 5.73 Å². The van der Waals surface area contributed by atoms with Gasteiger partial charge in [0.05, 0.1) is 0 Å². The summed E-state index contributed by atoms with van der Waals surface area (Å²) in [5.41, 5.74) is 8.20. The van der Waals surface area contributed by atoms with Crippen molar-refractivity contribution in [2.75, 3.05) is 5.75 Å². The van der Waals surface area contributed by atoms with Gasteiger partial charge in [0.1, 0.15) is 5.82 Å². The average Bonchev–Trinajstić information content (AvgIpc) is 2.42. The van der Waals surface area contributed by atoms with E-state index in [1.54, 1.807) is 23.9 Å². The Labute approximate surface area is 128 Å². The van der Waals surface area contributed by atoms with Crippen LogP contribution in [0.2, 0.25) is 5.02 Å². The third-order valence-corrected chi connectivity index (χ3v) is 4.52. The lowest BCUT2D eigenvalue weighted by Gasteiger charge is -2.13.